The molecule has 4 nitrogen and oxygen atoms in total. The van der Waals surface area contributed by atoms with Crippen LogP contribution >= 0.6 is 11.6 Å². The highest BCUT2D eigenvalue weighted by atomic mass is 35.5. The lowest BCUT2D eigenvalue weighted by Crippen LogP contribution is -2.22. The minimum absolute atomic E-state index is 0.196. The van der Waals surface area contributed by atoms with E-state index in [1.54, 1.807) is 18.2 Å². The average molecular weight is 294 g/mol. The van der Waals surface area contributed by atoms with Crippen molar-refractivity contribution in [3.63, 3.8) is 0 Å². The van der Waals surface area contributed by atoms with Gasteiger partial charge in [-0.2, -0.15) is 0 Å². The molecule has 1 atom stereocenters. The predicted octanol–water partition coefficient (Wildman–Crippen LogP) is 3.59. The Hall–Kier alpha value is -1.68. The van der Waals surface area contributed by atoms with Gasteiger partial charge in [-0.05, 0) is 24.5 Å². The molecule has 0 spiro atoms. The topological polar surface area (TPSA) is 55.7 Å². The van der Waals surface area contributed by atoms with Crippen LogP contribution in [0.4, 0.5) is 5.69 Å². The summed E-state index contributed by atoms with van der Waals surface area (Å²) in [6.45, 7) is 2.04. The number of Topliss-reactive ketones (excluding diaryl/α,β-unsaturated/α-hetero) is 1. The number of ether oxygens (including phenoxy) is 1. The number of rotatable bonds is 2. The van der Waals surface area contributed by atoms with Gasteiger partial charge in [0.1, 0.15) is 5.78 Å². The third-order valence-electron chi connectivity index (χ3n) is 3.45. The number of nitrogens with zero attached hydrogens (tertiary/aromatic N) is 1. The minimum Gasteiger partial charge on any atom is -0.465 e. The fraction of sp³-hybridized carbons (Fsp3) is 0.400. The maximum atomic E-state index is 11.6. The quantitative estimate of drug-likeness (QED) is 0.783. The standard InChI is InChI=1S/C15H16ClNO3/c1-9-6-7-10(18)8-13(9)17-12-5-3-4-11(14(12)16)15(19)20-2/h3-5,9H,6-8H2,1-2H3. The second-order valence-electron chi connectivity index (χ2n) is 4.89. The van der Waals surface area contributed by atoms with Crippen LogP contribution in [0.5, 0.6) is 0 Å². The van der Waals surface area contributed by atoms with E-state index in [2.05, 4.69) is 9.73 Å². The van der Waals surface area contributed by atoms with Crippen LogP contribution in [0, 0.1) is 5.92 Å². The number of carbonyl (C=O) groups is 2. The minimum atomic E-state index is -0.496. The molecule has 1 aromatic rings. The number of methoxy groups -OCH3 is 1. The molecule has 1 fully saturated rings. The Morgan fingerprint density at radius 2 is 2.20 bits per heavy atom. The monoisotopic (exact) mass is 293 g/mol. The molecule has 0 amide bonds. The van der Waals surface area contributed by atoms with Gasteiger partial charge in [0, 0.05) is 18.6 Å². The molecule has 0 bridgehead atoms. The second kappa shape index (κ2) is 6.18. The first kappa shape index (κ1) is 14.7. The highest BCUT2D eigenvalue weighted by molar-refractivity contribution is 6.36. The van der Waals surface area contributed by atoms with E-state index in [9.17, 15) is 9.59 Å². The van der Waals surface area contributed by atoms with E-state index in [0.717, 1.165) is 12.1 Å². The molecule has 1 aliphatic rings. The van der Waals surface area contributed by atoms with Crippen molar-refractivity contribution in [3.8, 4) is 0 Å². The molecule has 1 aromatic carbocycles. The van der Waals surface area contributed by atoms with E-state index in [1.807, 2.05) is 6.92 Å². The van der Waals surface area contributed by atoms with Crippen molar-refractivity contribution in [3.05, 3.63) is 28.8 Å². The molecule has 106 valence electrons. The Kier molecular flexibility index (Phi) is 4.55. The molecule has 2 rings (SSSR count). The normalized spacial score (nSPS) is 21.1. The van der Waals surface area contributed by atoms with Crippen LogP contribution in [0.15, 0.2) is 23.2 Å². The number of benzene rings is 1. The van der Waals surface area contributed by atoms with Gasteiger partial charge in [0.05, 0.1) is 23.4 Å². The van der Waals surface area contributed by atoms with Crippen LogP contribution in [-0.2, 0) is 9.53 Å². The number of carbonyl (C=O) groups excluding carboxylic acids is 2. The van der Waals surface area contributed by atoms with E-state index in [-0.39, 0.29) is 22.3 Å². The van der Waals surface area contributed by atoms with E-state index >= 15 is 0 Å². The summed E-state index contributed by atoms with van der Waals surface area (Å²) in [7, 11) is 1.30. The van der Waals surface area contributed by atoms with Crippen molar-refractivity contribution >= 4 is 34.8 Å². The van der Waals surface area contributed by atoms with Crippen LogP contribution in [-0.4, -0.2) is 24.6 Å². The first-order valence-electron chi connectivity index (χ1n) is 6.49. The summed E-state index contributed by atoms with van der Waals surface area (Å²) >= 11 is 6.19. The molecule has 1 unspecified atom stereocenters. The zero-order chi connectivity index (χ0) is 14.7. The van der Waals surface area contributed by atoms with Crippen LogP contribution in [0.3, 0.4) is 0 Å². The first-order valence-corrected chi connectivity index (χ1v) is 6.86. The molecule has 1 saturated carbocycles. The molecule has 20 heavy (non-hydrogen) atoms. The molecular weight excluding hydrogens is 278 g/mol. The van der Waals surface area contributed by atoms with Crippen LogP contribution in [0.1, 0.15) is 36.5 Å². The fourth-order valence-electron chi connectivity index (χ4n) is 2.19. The predicted molar refractivity (Wildman–Crippen MR) is 77.9 cm³/mol. The number of halogens is 1. The Morgan fingerprint density at radius 1 is 1.45 bits per heavy atom. The first-order chi connectivity index (χ1) is 9.52. The maximum Gasteiger partial charge on any atom is 0.339 e. The van der Waals surface area contributed by atoms with Crippen molar-refractivity contribution in [1.82, 2.24) is 0 Å². The molecule has 1 aliphatic carbocycles. The van der Waals surface area contributed by atoms with Crippen molar-refractivity contribution < 1.29 is 14.3 Å². The van der Waals surface area contributed by atoms with Gasteiger partial charge in [-0.1, -0.05) is 24.6 Å². The van der Waals surface area contributed by atoms with Crippen LogP contribution in [0.2, 0.25) is 5.02 Å². The second-order valence-corrected chi connectivity index (χ2v) is 5.27. The summed E-state index contributed by atoms with van der Waals surface area (Å²) in [4.78, 5) is 27.6. The van der Waals surface area contributed by atoms with Crippen LogP contribution in [0.25, 0.3) is 0 Å². The van der Waals surface area contributed by atoms with Gasteiger partial charge in [0.25, 0.3) is 0 Å². The Morgan fingerprint density at radius 3 is 2.90 bits per heavy atom. The van der Waals surface area contributed by atoms with Gasteiger partial charge in [-0.15, -0.1) is 0 Å². The number of esters is 1. The summed E-state index contributed by atoms with van der Waals surface area (Å²) in [6.07, 6.45) is 1.78. The third kappa shape index (κ3) is 3.07. The molecule has 0 radical (unpaired) electrons. The summed E-state index contributed by atoms with van der Waals surface area (Å²) in [6, 6.07) is 5.02. The highest BCUT2D eigenvalue weighted by Gasteiger charge is 2.22. The lowest BCUT2D eigenvalue weighted by molar-refractivity contribution is -0.118. The van der Waals surface area contributed by atoms with E-state index in [1.165, 1.54) is 7.11 Å². The zero-order valence-corrected chi connectivity index (χ0v) is 12.2. The molecule has 0 saturated heterocycles. The van der Waals surface area contributed by atoms with Gasteiger partial charge in [-0.25, -0.2) is 4.79 Å². The highest BCUT2D eigenvalue weighted by Crippen LogP contribution is 2.31. The zero-order valence-electron chi connectivity index (χ0n) is 11.5. The average Bonchev–Trinajstić information content (AvgIpc) is 2.44. The van der Waals surface area contributed by atoms with Gasteiger partial charge in [-0.3, -0.25) is 9.79 Å². The fourth-order valence-corrected chi connectivity index (χ4v) is 2.43. The largest absolute Gasteiger partial charge is 0.465 e. The molecule has 5 heteroatoms. The van der Waals surface area contributed by atoms with Crippen molar-refractivity contribution in [1.29, 1.82) is 0 Å². The Labute approximate surface area is 122 Å². The van der Waals surface area contributed by atoms with Gasteiger partial charge in [0.2, 0.25) is 0 Å². The molecule has 0 aliphatic heterocycles. The molecule has 0 heterocycles. The van der Waals surface area contributed by atoms with Gasteiger partial charge in [0.15, 0.2) is 0 Å². The van der Waals surface area contributed by atoms with E-state index < -0.39 is 5.97 Å². The number of ketones is 1. The number of hydrogen-bond acceptors (Lipinski definition) is 4. The summed E-state index contributed by atoms with van der Waals surface area (Å²) < 4.78 is 4.67. The maximum absolute atomic E-state index is 11.6. The molecule has 0 aromatic heterocycles. The SMILES string of the molecule is COC(=O)c1cccc(N=C2CC(=O)CCC2C)c1Cl. The van der Waals surface area contributed by atoms with Crippen LogP contribution < -0.4 is 0 Å². The van der Waals surface area contributed by atoms with Crippen molar-refractivity contribution in [2.24, 2.45) is 10.9 Å². The Bertz CT molecular complexity index is 580. The van der Waals surface area contributed by atoms with E-state index in [4.69, 9.17) is 11.6 Å². The lowest BCUT2D eigenvalue weighted by atomic mass is 9.88. The van der Waals surface area contributed by atoms with Crippen molar-refractivity contribution in [2.75, 3.05) is 7.11 Å². The lowest BCUT2D eigenvalue weighted by Gasteiger charge is -2.19. The number of hydrogen-bond donors (Lipinski definition) is 0. The number of aliphatic imine (C=N–C) groups is 1. The van der Waals surface area contributed by atoms with E-state index in [0.29, 0.717) is 18.5 Å². The summed E-state index contributed by atoms with van der Waals surface area (Å²) in [5.74, 6) is -0.0440. The van der Waals surface area contributed by atoms with Crippen molar-refractivity contribution in [2.45, 2.75) is 26.2 Å². The summed E-state index contributed by atoms with van der Waals surface area (Å²) in [5, 5.41) is 0.261. The Balaban J connectivity index is 2.38. The van der Waals surface area contributed by atoms with Gasteiger partial charge < -0.3 is 4.74 Å². The molecule has 0 N–H and O–H groups in total. The molecular formula is C15H16ClNO3. The third-order valence-corrected chi connectivity index (χ3v) is 3.85. The van der Waals surface area contributed by atoms with Gasteiger partial charge >= 0.3 is 5.97 Å². The smallest absolute Gasteiger partial charge is 0.339 e. The summed E-state index contributed by atoms with van der Waals surface area (Å²) in [5.41, 5.74) is 1.61.